The summed E-state index contributed by atoms with van der Waals surface area (Å²) < 4.78 is 14.3. The number of benzene rings is 1. The number of halogens is 1. The van der Waals surface area contributed by atoms with Crippen molar-refractivity contribution in [3.05, 3.63) is 35.1 Å². The maximum atomic E-state index is 14.3. The number of aryl methyl sites for hydroxylation is 1. The Morgan fingerprint density at radius 3 is 2.55 bits per heavy atom. The van der Waals surface area contributed by atoms with Crippen molar-refractivity contribution in [2.75, 3.05) is 18.0 Å². The first-order chi connectivity index (χ1) is 14.6. The Kier molecular flexibility index (Phi) is 5.25. The van der Waals surface area contributed by atoms with Gasteiger partial charge < -0.3 is 27.0 Å². The van der Waals surface area contributed by atoms with Crippen LogP contribution in [0.2, 0.25) is 0 Å². The average molecular weight is 427 g/mol. The summed E-state index contributed by atoms with van der Waals surface area (Å²) in [6.07, 6.45) is 0. The topological polar surface area (TPSA) is 117 Å². The minimum Gasteiger partial charge on any atom is -0.370 e. The van der Waals surface area contributed by atoms with Gasteiger partial charge in [0.05, 0.1) is 5.52 Å². The van der Waals surface area contributed by atoms with E-state index >= 15 is 0 Å². The summed E-state index contributed by atoms with van der Waals surface area (Å²) in [6, 6.07) is 5.96. The molecule has 0 radical (unpaired) electrons. The number of nitrogens with zero attached hydrogens (tertiary/aromatic N) is 4. The largest absolute Gasteiger partial charge is 0.370 e. The van der Waals surface area contributed by atoms with Crippen molar-refractivity contribution in [1.82, 2.24) is 15.6 Å². The molecule has 0 amide bonds. The molecule has 1 aromatic carbocycles. The van der Waals surface area contributed by atoms with E-state index in [9.17, 15) is 4.39 Å². The predicted octanol–water partition coefficient (Wildman–Crippen LogP) is 1.92. The van der Waals surface area contributed by atoms with Gasteiger partial charge in [-0.25, -0.2) is 14.4 Å². The highest BCUT2D eigenvalue weighted by atomic mass is 19.1. The second-order valence-corrected chi connectivity index (χ2v) is 8.98. The lowest BCUT2D eigenvalue weighted by Crippen LogP contribution is -2.56. The molecule has 6 N–H and O–H groups in total. The Morgan fingerprint density at radius 2 is 1.90 bits per heavy atom. The van der Waals surface area contributed by atoms with Crippen molar-refractivity contribution in [3.63, 3.8) is 0 Å². The third-order valence-electron chi connectivity index (χ3n) is 6.31. The van der Waals surface area contributed by atoms with Gasteiger partial charge in [-0.05, 0) is 45.9 Å². The molecule has 4 rings (SSSR count). The first-order valence-corrected chi connectivity index (χ1v) is 10.7. The van der Waals surface area contributed by atoms with Gasteiger partial charge in [-0.1, -0.05) is 6.92 Å². The van der Waals surface area contributed by atoms with Crippen molar-refractivity contribution in [1.29, 1.82) is 0 Å². The number of nitrogens with two attached hydrogens (primary N) is 2. The van der Waals surface area contributed by atoms with E-state index in [2.05, 4.69) is 52.4 Å². The number of hydrogen-bond acceptors (Lipinski definition) is 8. The summed E-state index contributed by atoms with van der Waals surface area (Å²) in [5.41, 5.74) is 13.3. The number of nitrogens with one attached hydrogen (secondary N) is 2. The summed E-state index contributed by atoms with van der Waals surface area (Å²) >= 11 is 0. The predicted molar refractivity (Wildman–Crippen MR) is 124 cm³/mol. The highest BCUT2D eigenvalue weighted by Gasteiger charge is 2.38. The maximum Gasteiger partial charge on any atom is 0.220 e. The minimum absolute atomic E-state index is 0.141. The van der Waals surface area contributed by atoms with Gasteiger partial charge in [0, 0.05) is 47.6 Å². The zero-order valence-electron chi connectivity index (χ0n) is 18.7. The molecule has 0 aliphatic carbocycles. The van der Waals surface area contributed by atoms with Crippen LogP contribution in [0.1, 0.15) is 44.7 Å². The Bertz CT molecular complexity index is 1070. The lowest BCUT2D eigenvalue weighted by molar-refractivity contribution is 0.361. The number of aliphatic imine (C=N–C) groups is 2. The van der Waals surface area contributed by atoms with Crippen molar-refractivity contribution >= 4 is 28.6 Å². The molecule has 1 aromatic heterocycles. The van der Waals surface area contributed by atoms with Gasteiger partial charge >= 0.3 is 0 Å². The van der Waals surface area contributed by atoms with E-state index in [4.69, 9.17) is 16.5 Å². The van der Waals surface area contributed by atoms with Gasteiger partial charge in [0.25, 0.3) is 0 Å². The van der Waals surface area contributed by atoms with Gasteiger partial charge in [0.15, 0.2) is 5.96 Å². The zero-order valence-corrected chi connectivity index (χ0v) is 18.7. The van der Waals surface area contributed by atoms with E-state index < -0.39 is 5.66 Å². The smallest absolute Gasteiger partial charge is 0.220 e. The van der Waals surface area contributed by atoms with Crippen molar-refractivity contribution in [2.24, 2.45) is 21.5 Å². The third kappa shape index (κ3) is 3.89. The third-order valence-corrected chi connectivity index (χ3v) is 6.31. The van der Waals surface area contributed by atoms with Crippen molar-refractivity contribution in [2.45, 2.75) is 58.3 Å². The van der Waals surface area contributed by atoms with Crippen LogP contribution in [0.5, 0.6) is 0 Å². The molecule has 4 atom stereocenters. The monoisotopic (exact) mass is 426 g/mol. The molecule has 9 heteroatoms. The molecule has 2 aromatic rings. The van der Waals surface area contributed by atoms with Crippen LogP contribution in [0.3, 0.4) is 0 Å². The first-order valence-electron chi connectivity index (χ1n) is 10.7. The molecule has 31 heavy (non-hydrogen) atoms. The van der Waals surface area contributed by atoms with Gasteiger partial charge in [-0.15, -0.1) is 0 Å². The molecule has 2 aliphatic heterocycles. The van der Waals surface area contributed by atoms with Crippen LogP contribution in [-0.4, -0.2) is 47.7 Å². The fourth-order valence-corrected chi connectivity index (χ4v) is 4.65. The molecule has 2 aliphatic rings. The molecule has 1 saturated heterocycles. The quantitative estimate of drug-likeness (QED) is 0.596. The van der Waals surface area contributed by atoms with Crippen molar-refractivity contribution in [3.8, 4) is 0 Å². The summed E-state index contributed by atoms with van der Waals surface area (Å²) in [5, 5.41) is 7.62. The van der Waals surface area contributed by atoms with Crippen LogP contribution >= 0.6 is 0 Å². The molecule has 1 fully saturated rings. The Hall–Kier alpha value is -2.94. The highest BCUT2D eigenvalue weighted by Crippen LogP contribution is 2.38. The summed E-state index contributed by atoms with van der Waals surface area (Å²) in [4.78, 5) is 15.8. The van der Waals surface area contributed by atoms with E-state index in [-0.39, 0.29) is 23.7 Å². The average Bonchev–Trinajstić information content (AvgIpc) is 2.67. The lowest BCUT2D eigenvalue weighted by Gasteiger charge is -2.41. The number of rotatable bonds is 3. The summed E-state index contributed by atoms with van der Waals surface area (Å²) in [6.45, 7) is 11.7. The van der Waals surface area contributed by atoms with Crippen LogP contribution in [-0.2, 0) is 0 Å². The molecule has 0 saturated carbocycles. The standard InChI is InChI=1S/C22H31FN8/c1-11-9-31(10-12(2)26-11)19-16(8-15-6-7-17(23)13(3)18(15)27-19)14(4)22(5)29-20(24)28-21(25)30-22/h6-8,11-12,14,26H,9-10H2,1-5H3,(H5,24,25,28,29,30)/t11-,12+,14-/m0/s1. The second-order valence-electron chi connectivity index (χ2n) is 8.98. The van der Waals surface area contributed by atoms with Gasteiger partial charge in [0.2, 0.25) is 5.96 Å². The molecule has 3 heterocycles. The maximum absolute atomic E-state index is 14.3. The molecule has 8 nitrogen and oxygen atoms in total. The molecule has 166 valence electrons. The summed E-state index contributed by atoms with van der Waals surface area (Å²) in [5.74, 6) is 0.823. The van der Waals surface area contributed by atoms with Crippen LogP contribution in [0.25, 0.3) is 10.9 Å². The van der Waals surface area contributed by atoms with Crippen LogP contribution in [0, 0.1) is 12.7 Å². The molecular formula is C22H31FN8. The summed E-state index contributed by atoms with van der Waals surface area (Å²) in [7, 11) is 0. The lowest BCUT2D eigenvalue weighted by atomic mass is 9.87. The number of fused-ring (bicyclic) bond motifs is 1. The number of hydrogen-bond donors (Lipinski definition) is 4. The zero-order chi connectivity index (χ0) is 22.5. The van der Waals surface area contributed by atoms with E-state index in [0.717, 1.165) is 29.9 Å². The number of anilines is 1. The molecule has 0 bridgehead atoms. The van der Waals surface area contributed by atoms with Gasteiger partial charge in [-0.3, -0.25) is 0 Å². The van der Waals surface area contributed by atoms with Crippen LogP contribution in [0.15, 0.2) is 28.2 Å². The fraction of sp³-hybridized carbons (Fsp3) is 0.500. The van der Waals surface area contributed by atoms with E-state index in [0.29, 0.717) is 23.2 Å². The van der Waals surface area contributed by atoms with E-state index in [1.165, 1.54) is 6.07 Å². The second kappa shape index (κ2) is 7.64. The molecule has 0 spiro atoms. The number of piperazine rings is 1. The van der Waals surface area contributed by atoms with Crippen LogP contribution < -0.4 is 27.0 Å². The Morgan fingerprint density at radius 1 is 1.23 bits per heavy atom. The van der Waals surface area contributed by atoms with E-state index in [1.54, 1.807) is 13.0 Å². The van der Waals surface area contributed by atoms with Crippen LogP contribution in [0.4, 0.5) is 10.2 Å². The number of aromatic nitrogens is 1. The Labute approximate surface area is 182 Å². The minimum atomic E-state index is -0.791. The first kappa shape index (κ1) is 21.3. The highest BCUT2D eigenvalue weighted by molar-refractivity contribution is 5.96. The molecule has 1 unspecified atom stereocenters. The van der Waals surface area contributed by atoms with Gasteiger partial charge in [-0.2, -0.15) is 4.99 Å². The van der Waals surface area contributed by atoms with Gasteiger partial charge in [0.1, 0.15) is 17.3 Å². The number of pyridine rings is 1. The van der Waals surface area contributed by atoms with Crippen molar-refractivity contribution < 1.29 is 4.39 Å². The number of guanidine groups is 2. The molecular weight excluding hydrogens is 395 g/mol. The van der Waals surface area contributed by atoms with E-state index in [1.807, 2.05) is 6.92 Å². The normalized spacial score (nSPS) is 27.5. The Balaban J connectivity index is 1.89. The SMILES string of the molecule is Cc1c(F)ccc2cc([C@H](C)C3(C)N=C(N)N=C(N)N3)c(N3C[C@@H](C)N[C@@H](C)C3)nc12. The fourth-order valence-electron chi connectivity index (χ4n) is 4.65.